The molecule has 1 amide bonds. The lowest BCUT2D eigenvalue weighted by Crippen LogP contribution is -2.25. The molecule has 3 heterocycles. The lowest BCUT2D eigenvalue weighted by molar-refractivity contribution is 0.0958. The number of rotatable bonds is 5. The molecule has 5 heteroatoms. The van der Waals surface area contributed by atoms with Crippen molar-refractivity contribution < 1.29 is 4.79 Å². The summed E-state index contributed by atoms with van der Waals surface area (Å²) < 4.78 is 2.01. The van der Waals surface area contributed by atoms with E-state index in [4.69, 9.17) is 0 Å². The summed E-state index contributed by atoms with van der Waals surface area (Å²) >= 11 is 1.46. The smallest absolute Gasteiger partial charge is 0.263 e. The molecular formula is C22H21N3OS. The molecule has 0 aliphatic heterocycles. The number of pyridine rings is 1. The number of nitrogens with one attached hydrogen (secondary N) is 1. The van der Waals surface area contributed by atoms with Crippen molar-refractivity contribution >= 4 is 27.5 Å². The molecule has 4 rings (SSSR count). The maximum absolute atomic E-state index is 13.0. The van der Waals surface area contributed by atoms with E-state index in [1.807, 2.05) is 54.2 Å². The number of carbonyl (C=O) groups is 1. The van der Waals surface area contributed by atoms with Crippen molar-refractivity contribution in [2.75, 3.05) is 6.54 Å². The van der Waals surface area contributed by atoms with Gasteiger partial charge >= 0.3 is 0 Å². The van der Waals surface area contributed by atoms with E-state index >= 15 is 0 Å². The lowest BCUT2D eigenvalue weighted by Gasteiger charge is -2.09. The molecule has 0 aliphatic carbocycles. The maximum atomic E-state index is 13.0. The van der Waals surface area contributed by atoms with Crippen LogP contribution < -0.4 is 5.32 Å². The molecule has 3 aromatic heterocycles. The van der Waals surface area contributed by atoms with Gasteiger partial charge in [0.25, 0.3) is 5.91 Å². The minimum Gasteiger partial charge on any atom is -0.351 e. The number of fused-ring (bicyclic) bond motifs is 1. The normalized spacial score (nSPS) is 11.0. The van der Waals surface area contributed by atoms with E-state index in [-0.39, 0.29) is 5.91 Å². The highest BCUT2D eigenvalue weighted by Crippen LogP contribution is 2.35. The Hall–Kier alpha value is -2.92. The summed E-state index contributed by atoms with van der Waals surface area (Å²) in [6.07, 6.45) is 4.76. The molecule has 0 radical (unpaired) electrons. The molecule has 0 aliphatic rings. The second-order valence-corrected chi connectivity index (χ2v) is 7.62. The van der Waals surface area contributed by atoms with E-state index in [1.54, 1.807) is 0 Å². The Morgan fingerprint density at radius 1 is 1.11 bits per heavy atom. The first-order chi connectivity index (χ1) is 13.1. The van der Waals surface area contributed by atoms with E-state index < -0.39 is 0 Å². The topological polar surface area (TPSA) is 46.9 Å². The number of hydrogen-bond donors (Lipinski definition) is 1. The van der Waals surface area contributed by atoms with Crippen LogP contribution in [0, 0.1) is 13.8 Å². The molecule has 4 nitrogen and oxygen atoms in total. The Kier molecular flexibility index (Phi) is 4.77. The minimum atomic E-state index is -0.0466. The predicted molar refractivity (Wildman–Crippen MR) is 111 cm³/mol. The van der Waals surface area contributed by atoms with Gasteiger partial charge in [-0.25, -0.2) is 4.98 Å². The van der Waals surface area contributed by atoms with Gasteiger partial charge < -0.3 is 9.88 Å². The third-order valence-electron chi connectivity index (χ3n) is 4.57. The van der Waals surface area contributed by atoms with E-state index in [1.165, 1.54) is 16.9 Å². The number of thiophene rings is 1. The summed E-state index contributed by atoms with van der Waals surface area (Å²) in [6, 6.07) is 16.2. The van der Waals surface area contributed by atoms with E-state index in [0.717, 1.165) is 33.6 Å². The summed E-state index contributed by atoms with van der Waals surface area (Å²) in [5.41, 5.74) is 4.24. The first kappa shape index (κ1) is 17.5. The average molecular weight is 375 g/mol. The molecule has 0 fully saturated rings. The third-order valence-corrected chi connectivity index (χ3v) is 5.64. The predicted octanol–water partition coefficient (Wildman–Crippen LogP) is 4.68. The molecule has 0 bridgehead atoms. The van der Waals surface area contributed by atoms with Gasteiger partial charge in [0.05, 0.1) is 5.69 Å². The zero-order valence-electron chi connectivity index (χ0n) is 15.4. The minimum absolute atomic E-state index is 0.0466. The average Bonchev–Trinajstić information content (AvgIpc) is 3.29. The molecule has 4 aromatic rings. The Morgan fingerprint density at radius 2 is 1.85 bits per heavy atom. The SMILES string of the molecule is Cc1cc(C)c2c(-n3cccc3)c(C(=O)NCCc3ccccc3)sc2n1. The standard InChI is InChI=1S/C22H21N3OS/c1-15-14-16(2)24-22-18(15)19(25-12-6-7-13-25)20(27-22)21(26)23-11-10-17-8-4-3-5-9-17/h3-9,12-14H,10-11H2,1-2H3,(H,23,26). The maximum Gasteiger partial charge on any atom is 0.263 e. The highest BCUT2D eigenvalue weighted by atomic mass is 32.1. The molecule has 136 valence electrons. The Bertz CT molecular complexity index is 1080. The van der Waals surface area contributed by atoms with Gasteiger partial charge in [0, 0.05) is 30.0 Å². The Labute approximate surface area is 162 Å². The van der Waals surface area contributed by atoms with E-state index in [0.29, 0.717) is 11.4 Å². The number of amides is 1. The first-order valence-corrected chi connectivity index (χ1v) is 9.81. The first-order valence-electron chi connectivity index (χ1n) is 8.99. The monoisotopic (exact) mass is 375 g/mol. The van der Waals surface area contributed by atoms with Crippen molar-refractivity contribution in [3.05, 3.63) is 82.6 Å². The van der Waals surface area contributed by atoms with E-state index in [9.17, 15) is 4.79 Å². The van der Waals surface area contributed by atoms with Crippen molar-refractivity contribution in [3.63, 3.8) is 0 Å². The summed E-state index contributed by atoms with van der Waals surface area (Å²) in [5, 5.41) is 4.13. The van der Waals surface area contributed by atoms with Crippen molar-refractivity contribution in [2.45, 2.75) is 20.3 Å². The number of aryl methyl sites for hydroxylation is 2. The Morgan fingerprint density at radius 3 is 2.59 bits per heavy atom. The fourth-order valence-electron chi connectivity index (χ4n) is 3.35. The molecule has 0 saturated heterocycles. The van der Waals surface area contributed by atoms with Crippen molar-refractivity contribution in [3.8, 4) is 5.69 Å². The summed E-state index contributed by atoms with van der Waals surface area (Å²) in [6.45, 7) is 4.67. The zero-order valence-corrected chi connectivity index (χ0v) is 16.2. The highest BCUT2D eigenvalue weighted by molar-refractivity contribution is 7.21. The molecule has 1 aromatic carbocycles. The molecule has 0 atom stereocenters. The van der Waals surface area contributed by atoms with Crippen molar-refractivity contribution in [1.82, 2.24) is 14.9 Å². The van der Waals surface area contributed by atoms with Crippen LogP contribution in [-0.4, -0.2) is 22.0 Å². The Balaban J connectivity index is 1.67. The van der Waals surface area contributed by atoms with Gasteiger partial charge in [-0.1, -0.05) is 30.3 Å². The van der Waals surface area contributed by atoms with Gasteiger partial charge in [0.2, 0.25) is 0 Å². The van der Waals surface area contributed by atoms with Crippen LogP contribution in [0.5, 0.6) is 0 Å². The van der Waals surface area contributed by atoms with Crippen LogP contribution in [0.4, 0.5) is 0 Å². The molecule has 0 spiro atoms. The molecule has 27 heavy (non-hydrogen) atoms. The van der Waals surface area contributed by atoms with Crippen LogP contribution in [0.2, 0.25) is 0 Å². The highest BCUT2D eigenvalue weighted by Gasteiger charge is 2.21. The quantitative estimate of drug-likeness (QED) is 0.551. The van der Waals surface area contributed by atoms with Crippen LogP contribution in [0.3, 0.4) is 0 Å². The number of hydrogen-bond acceptors (Lipinski definition) is 3. The van der Waals surface area contributed by atoms with Gasteiger partial charge in [-0.15, -0.1) is 11.3 Å². The van der Waals surface area contributed by atoms with Gasteiger partial charge in [-0.3, -0.25) is 4.79 Å². The van der Waals surface area contributed by atoms with Crippen LogP contribution in [0.25, 0.3) is 15.9 Å². The van der Waals surface area contributed by atoms with Crippen molar-refractivity contribution in [1.29, 1.82) is 0 Å². The molecular weight excluding hydrogens is 354 g/mol. The van der Waals surface area contributed by atoms with Gasteiger partial charge in [-0.05, 0) is 49.6 Å². The second-order valence-electron chi connectivity index (χ2n) is 6.62. The largest absolute Gasteiger partial charge is 0.351 e. The number of nitrogens with zero attached hydrogens (tertiary/aromatic N) is 2. The fraction of sp³-hybridized carbons (Fsp3) is 0.182. The second kappa shape index (κ2) is 7.37. The zero-order chi connectivity index (χ0) is 18.8. The van der Waals surface area contributed by atoms with Gasteiger partial charge in [0.15, 0.2) is 0 Å². The molecule has 0 saturated carbocycles. The van der Waals surface area contributed by atoms with Crippen LogP contribution >= 0.6 is 11.3 Å². The summed E-state index contributed by atoms with van der Waals surface area (Å²) in [7, 11) is 0. The van der Waals surface area contributed by atoms with Gasteiger partial charge in [0.1, 0.15) is 9.71 Å². The van der Waals surface area contributed by atoms with Crippen LogP contribution in [-0.2, 0) is 6.42 Å². The third kappa shape index (κ3) is 3.51. The van der Waals surface area contributed by atoms with Crippen LogP contribution in [0.1, 0.15) is 26.5 Å². The fourth-order valence-corrected chi connectivity index (χ4v) is 4.56. The van der Waals surface area contributed by atoms with Gasteiger partial charge in [-0.2, -0.15) is 0 Å². The molecule has 0 unspecified atom stereocenters. The number of benzene rings is 1. The summed E-state index contributed by atoms with van der Waals surface area (Å²) in [4.78, 5) is 19.2. The lowest BCUT2D eigenvalue weighted by atomic mass is 10.1. The van der Waals surface area contributed by atoms with Crippen molar-refractivity contribution in [2.24, 2.45) is 0 Å². The number of carbonyl (C=O) groups excluding carboxylic acids is 1. The van der Waals surface area contributed by atoms with E-state index in [2.05, 4.69) is 35.4 Å². The molecule has 1 N–H and O–H groups in total. The summed E-state index contributed by atoms with van der Waals surface area (Å²) in [5.74, 6) is -0.0466. The van der Waals surface area contributed by atoms with Crippen LogP contribution in [0.15, 0.2) is 60.9 Å². The number of aromatic nitrogens is 2.